The van der Waals surface area contributed by atoms with E-state index in [1.54, 1.807) is 24.3 Å². The molecule has 13 heteroatoms. The van der Waals surface area contributed by atoms with E-state index in [1.165, 1.54) is 33.1 Å². The molecule has 1 heterocycles. The summed E-state index contributed by atoms with van der Waals surface area (Å²) in [5.74, 6) is -1.56. The molecule has 40 heavy (non-hydrogen) atoms. The van der Waals surface area contributed by atoms with Gasteiger partial charge in [-0.05, 0) is 55.8 Å². The van der Waals surface area contributed by atoms with Crippen LogP contribution in [0, 0.1) is 5.41 Å². The van der Waals surface area contributed by atoms with E-state index in [2.05, 4.69) is 0 Å². The van der Waals surface area contributed by atoms with Crippen molar-refractivity contribution < 1.29 is 41.0 Å². The van der Waals surface area contributed by atoms with Crippen molar-refractivity contribution in [1.82, 2.24) is 4.90 Å². The van der Waals surface area contributed by atoms with Crippen LogP contribution in [0.1, 0.15) is 29.8 Å². The second-order valence-electron chi connectivity index (χ2n) is 9.77. The minimum atomic E-state index is -4.80. The number of carboxylic acid groups (broad SMARTS) is 1. The summed E-state index contributed by atoms with van der Waals surface area (Å²) in [5, 5.41) is 9.88. The Kier molecular flexibility index (Phi) is 7.54. The molecule has 0 saturated carbocycles. The zero-order chi connectivity index (χ0) is 29.6. The molecule has 4 rings (SSSR count). The largest absolute Gasteiger partial charge is 0.495 e. The number of halogens is 4. The van der Waals surface area contributed by atoms with Crippen molar-refractivity contribution in [2.75, 3.05) is 24.6 Å². The Balaban J connectivity index is 1.92. The van der Waals surface area contributed by atoms with Crippen LogP contribution in [0.15, 0.2) is 65.6 Å². The van der Waals surface area contributed by atoms with Gasteiger partial charge in [0.15, 0.2) is 0 Å². The molecular weight excluding hydrogens is 573 g/mol. The summed E-state index contributed by atoms with van der Waals surface area (Å²) in [6.07, 6.45) is -4.80. The Morgan fingerprint density at radius 1 is 1.05 bits per heavy atom. The summed E-state index contributed by atoms with van der Waals surface area (Å²) in [6.45, 7) is 1.76. The standard InChI is InChI=1S/C27H24ClF3N2O6S/c1-26(2,25(35)36)14-32-15-33(40(37,38)18-7-4-6-17(13-18)27(29,30)31)22-12-16(10-11-20(22)24(32)34)19-8-5-9-21(28)23(19)39-3/h4-13H,14-15H2,1-3H3,(H,35,36). The number of hydrogen-bond acceptors (Lipinski definition) is 5. The van der Waals surface area contributed by atoms with Crippen molar-refractivity contribution >= 4 is 39.2 Å². The van der Waals surface area contributed by atoms with E-state index in [0.29, 0.717) is 22.9 Å². The quantitative estimate of drug-likeness (QED) is 0.372. The summed E-state index contributed by atoms with van der Waals surface area (Å²) in [7, 11) is -3.28. The number of rotatable bonds is 7. The number of anilines is 1. The number of nitrogens with zero attached hydrogens (tertiary/aromatic N) is 2. The maximum absolute atomic E-state index is 13.9. The normalized spacial score (nSPS) is 14.2. The number of fused-ring (bicyclic) bond motifs is 1. The van der Waals surface area contributed by atoms with Gasteiger partial charge in [0, 0.05) is 12.1 Å². The number of methoxy groups -OCH3 is 1. The van der Waals surface area contributed by atoms with Crippen LogP contribution in [0.4, 0.5) is 18.9 Å². The Morgan fingerprint density at radius 2 is 1.73 bits per heavy atom. The monoisotopic (exact) mass is 596 g/mol. The molecule has 1 amide bonds. The number of para-hydroxylation sites is 1. The molecule has 0 fully saturated rings. The van der Waals surface area contributed by atoms with Crippen LogP contribution >= 0.6 is 11.6 Å². The fourth-order valence-electron chi connectivity index (χ4n) is 4.33. The highest BCUT2D eigenvalue weighted by Gasteiger charge is 2.41. The zero-order valence-corrected chi connectivity index (χ0v) is 23.1. The van der Waals surface area contributed by atoms with Gasteiger partial charge in [-0.25, -0.2) is 12.7 Å². The number of hydrogen-bond donors (Lipinski definition) is 1. The second-order valence-corrected chi connectivity index (χ2v) is 12.0. The number of carboxylic acids is 1. The lowest BCUT2D eigenvalue weighted by atomic mass is 9.92. The summed E-state index contributed by atoms with van der Waals surface area (Å²) in [6, 6.07) is 12.5. The van der Waals surface area contributed by atoms with Crippen LogP contribution in [0.2, 0.25) is 5.02 Å². The molecule has 212 valence electrons. The van der Waals surface area contributed by atoms with Gasteiger partial charge in [0.05, 0.1) is 39.3 Å². The number of alkyl halides is 3. The number of carbonyl (C=O) groups is 2. The summed E-state index contributed by atoms with van der Waals surface area (Å²) in [5.41, 5.74) is -1.87. The van der Waals surface area contributed by atoms with E-state index in [1.807, 2.05) is 0 Å². The fraction of sp³-hybridized carbons (Fsp3) is 0.259. The Bertz CT molecular complexity index is 1610. The van der Waals surface area contributed by atoms with Crippen LogP contribution in [-0.4, -0.2) is 50.6 Å². The lowest BCUT2D eigenvalue weighted by molar-refractivity contribution is -0.147. The molecule has 3 aromatic carbocycles. The van der Waals surface area contributed by atoms with Gasteiger partial charge in [-0.3, -0.25) is 9.59 Å². The van der Waals surface area contributed by atoms with E-state index >= 15 is 0 Å². The van der Waals surface area contributed by atoms with Gasteiger partial charge in [-0.15, -0.1) is 0 Å². The molecule has 3 aromatic rings. The fourth-order valence-corrected chi connectivity index (χ4v) is 6.06. The van der Waals surface area contributed by atoms with Gasteiger partial charge in [-0.2, -0.15) is 13.2 Å². The smallest absolute Gasteiger partial charge is 0.416 e. The molecule has 0 unspecified atom stereocenters. The average Bonchev–Trinajstić information content (AvgIpc) is 2.89. The van der Waals surface area contributed by atoms with Crippen molar-refractivity contribution in [3.63, 3.8) is 0 Å². The zero-order valence-electron chi connectivity index (χ0n) is 21.5. The van der Waals surface area contributed by atoms with E-state index < -0.39 is 50.6 Å². The predicted molar refractivity (Wildman–Crippen MR) is 142 cm³/mol. The van der Waals surface area contributed by atoms with E-state index in [-0.39, 0.29) is 22.8 Å². The molecule has 0 aliphatic carbocycles. The third kappa shape index (κ3) is 5.33. The first-order valence-corrected chi connectivity index (χ1v) is 13.6. The number of sulfonamides is 1. The molecule has 0 saturated heterocycles. The van der Waals surface area contributed by atoms with Crippen LogP contribution in [0.3, 0.4) is 0 Å². The van der Waals surface area contributed by atoms with Crippen LogP contribution in [0.25, 0.3) is 11.1 Å². The van der Waals surface area contributed by atoms with Gasteiger partial charge in [0.25, 0.3) is 15.9 Å². The molecule has 0 aromatic heterocycles. The Labute approximate surface area is 233 Å². The molecule has 1 aliphatic rings. The van der Waals surface area contributed by atoms with Crippen molar-refractivity contribution in [3.05, 3.63) is 76.8 Å². The topological polar surface area (TPSA) is 104 Å². The summed E-state index contributed by atoms with van der Waals surface area (Å²) in [4.78, 5) is 25.6. The van der Waals surface area contributed by atoms with Gasteiger partial charge in [0.2, 0.25) is 0 Å². The summed E-state index contributed by atoms with van der Waals surface area (Å²) < 4.78 is 74.2. The van der Waals surface area contributed by atoms with Gasteiger partial charge in [0.1, 0.15) is 12.4 Å². The van der Waals surface area contributed by atoms with Crippen LogP contribution in [0.5, 0.6) is 5.75 Å². The molecule has 0 bridgehead atoms. The van der Waals surface area contributed by atoms with E-state index in [4.69, 9.17) is 16.3 Å². The average molecular weight is 597 g/mol. The van der Waals surface area contributed by atoms with Crippen LogP contribution < -0.4 is 9.04 Å². The SMILES string of the molecule is COc1c(Cl)cccc1-c1ccc2c(c1)N(S(=O)(=O)c1cccc(C(F)(F)F)c1)CN(CC(C)(C)C(=O)O)C2=O. The Hall–Kier alpha value is -3.77. The van der Waals surface area contributed by atoms with Gasteiger partial charge < -0.3 is 14.7 Å². The maximum Gasteiger partial charge on any atom is 0.416 e. The first-order chi connectivity index (χ1) is 18.6. The first kappa shape index (κ1) is 29.2. The minimum Gasteiger partial charge on any atom is -0.495 e. The molecular formula is C27H24ClF3N2O6S. The third-order valence-electron chi connectivity index (χ3n) is 6.48. The molecule has 0 atom stereocenters. The van der Waals surface area contributed by atoms with Crippen molar-refractivity contribution in [2.24, 2.45) is 5.41 Å². The van der Waals surface area contributed by atoms with Crippen molar-refractivity contribution in [2.45, 2.75) is 24.9 Å². The van der Waals surface area contributed by atoms with Gasteiger partial charge >= 0.3 is 12.1 Å². The number of aliphatic carboxylic acids is 1. The number of ether oxygens (including phenoxy) is 1. The molecule has 0 radical (unpaired) electrons. The summed E-state index contributed by atoms with van der Waals surface area (Å²) >= 11 is 6.25. The van der Waals surface area contributed by atoms with E-state index in [9.17, 15) is 36.3 Å². The molecule has 0 spiro atoms. The first-order valence-electron chi connectivity index (χ1n) is 11.8. The highest BCUT2D eigenvalue weighted by atomic mass is 35.5. The van der Waals surface area contributed by atoms with E-state index in [0.717, 1.165) is 27.4 Å². The highest BCUT2D eigenvalue weighted by molar-refractivity contribution is 7.92. The van der Waals surface area contributed by atoms with Crippen LogP contribution in [-0.2, 0) is 21.0 Å². The second kappa shape index (κ2) is 10.3. The number of benzene rings is 3. The lowest BCUT2D eigenvalue weighted by Gasteiger charge is -2.39. The third-order valence-corrected chi connectivity index (χ3v) is 8.52. The van der Waals surface area contributed by atoms with Crippen molar-refractivity contribution in [1.29, 1.82) is 0 Å². The molecule has 8 nitrogen and oxygen atoms in total. The molecule has 1 aliphatic heterocycles. The minimum absolute atomic E-state index is 0.0762. The number of carbonyl (C=O) groups excluding carboxylic acids is 1. The highest BCUT2D eigenvalue weighted by Crippen LogP contribution is 2.41. The predicted octanol–water partition coefficient (Wildman–Crippen LogP) is 5.75. The molecule has 1 N–H and O–H groups in total. The maximum atomic E-state index is 13.9. The Morgan fingerprint density at radius 3 is 2.35 bits per heavy atom. The lowest BCUT2D eigenvalue weighted by Crippen LogP contribution is -2.52. The van der Waals surface area contributed by atoms with Gasteiger partial charge in [-0.1, -0.05) is 35.9 Å². The number of amides is 1. The van der Waals surface area contributed by atoms with Crippen molar-refractivity contribution in [3.8, 4) is 16.9 Å².